The van der Waals surface area contributed by atoms with Crippen LogP contribution in [0.4, 0.5) is 4.79 Å². The average molecular weight is 382 g/mol. The first-order valence-corrected chi connectivity index (χ1v) is 10.4. The third-order valence-electron chi connectivity index (χ3n) is 6.62. The molecule has 6 nitrogen and oxygen atoms in total. The highest BCUT2D eigenvalue weighted by Gasteiger charge is 2.46. The van der Waals surface area contributed by atoms with Crippen LogP contribution in [0.25, 0.3) is 0 Å². The summed E-state index contributed by atoms with van der Waals surface area (Å²) in [5, 5.41) is 9.07. The number of rotatable bonds is 2. The summed E-state index contributed by atoms with van der Waals surface area (Å²) in [6.07, 6.45) is 5.60. The molecular weight excluding hydrogens is 350 g/mol. The molecule has 1 saturated carbocycles. The van der Waals surface area contributed by atoms with Crippen molar-refractivity contribution in [3.63, 3.8) is 0 Å². The van der Waals surface area contributed by atoms with Crippen LogP contribution in [-0.2, 0) is 0 Å². The highest BCUT2D eigenvalue weighted by Crippen LogP contribution is 2.56. The summed E-state index contributed by atoms with van der Waals surface area (Å²) < 4.78 is 0. The van der Waals surface area contributed by atoms with E-state index in [0.29, 0.717) is 23.8 Å². The Morgan fingerprint density at radius 3 is 2.68 bits per heavy atom. The van der Waals surface area contributed by atoms with Gasteiger partial charge in [-0.05, 0) is 55.9 Å². The molecule has 1 aliphatic carbocycles. The van der Waals surface area contributed by atoms with E-state index in [9.17, 15) is 4.79 Å². The number of carbonyl (C=O) groups excluding carboxylic acids is 1. The van der Waals surface area contributed by atoms with E-state index in [-0.39, 0.29) is 6.03 Å². The topological polar surface area (TPSA) is 60.3 Å². The molecule has 2 amide bonds. The Bertz CT molecular complexity index is 799. The second-order valence-corrected chi connectivity index (χ2v) is 8.62. The van der Waals surface area contributed by atoms with Crippen LogP contribution in [0.1, 0.15) is 56.1 Å². The minimum Gasteiger partial charge on any atom is -0.324 e. The first-order valence-electron chi connectivity index (χ1n) is 10.4. The first kappa shape index (κ1) is 19.0. The minimum absolute atomic E-state index is 0.0508. The second-order valence-electron chi connectivity index (χ2n) is 8.62. The van der Waals surface area contributed by atoms with Crippen LogP contribution in [0.3, 0.4) is 0 Å². The molecule has 28 heavy (non-hydrogen) atoms. The number of urea groups is 1. The van der Waals surface area contributed by atoms with Gasteiger partial charge in [0.25, 0.3) is 0 Å². The lowest BCUT2D eigenvalue weighted by Gasteiger charge is -2.52. The van der Waals surface area contributed by atoms with Gasteiger partial charge in [0.05, 0.1) is 12.3 Å². The lowest BCUT2D eigenvalue weighted by atomic mass is 9.56. The van der Waals surface area contributed by atoms with Gasteiger partial charge in [0.1, 0.15) is 0 Å². The molecule has 4 rings (SSSR count). The Morgan fingerprint density at radius 2 is 2.04 bits per heavy atom. The van der Waals surface area contributed by atoms with Crippen LogP contribution < -0.4 is 5.32 Å². The number of benzene rings is 1. The van der Waals surface area contributed by atoms with Crippen molar-refractivity contribution in [2.45, 2.75) is 51.9 Å². The number of nitrogens with zero attached hydrogens (tertiary/aromatic N) is 4. The fourth-order valence-corrected chi connectivity index (χ4v) is 4.77. The summed E-state index contributed by atoms with van der Waals surface area (Å²) in [5.74, 6) is 1.24. The van der Waals surface area contributed by atoms with Gasteiger partial charge in [-0.25, -0.2) is 14.8 Å². The third kappa shape index (κ3) is 3.77. The number of aryl methyl sites for hydroxylation is 1. The summed E-state index contributed by atoms with van der Waals surface area (Å²) in [5.41, 5.74) is 4.30. The van der Waals surface area contributed by atoms with Crippen molar-refractivity contribution in [3.8, 4) is 0 Å². The van der Waals surface area contributed by atoms with Gasteiger partial charge in [-0.15, -0.1) is 0 Å². The Morgan fingerprint density at radius 1 is 1.29 bits per heavy atom. The summed E-state index contributed by atoms with van der Waals surface area (Å²) in [7, 11) is 1.83. The van der Waals surface area contributed by atoms with Gasteiger partial charge in [-0.1, -0.05) is 36.8 Å². The first-order chi connectivity index (χ1) is 13.5. The summed E-state index contributed by atoms with van der Waals surface area (Å²) >= 11 is 0. The molecule has 1 N–H and O–H groups in total. The summed E-state index contributed by atoms with van der Waals surface area (Å²) in [6, 6.07) is 8.87. The largest absolute Gasteiger partial charge is 0.324 e. The Hall–Kier alpha value is -2.37. The number of hydrogen-bond acceptors (Lipinski definition) is 4. The lowest BCUT2D eigenvalue weighted by Crippen LogP contribution is -2.53. The molecule has 2 heterocycles. The average Bonchev–Trinajstić information content (AvgIpc) is 2.67. The zero-order valence-electron chi connectivity index (χ0n) is 17.2. The van der Waals surface area contributed by atoms with Crippen molar-refractivity contribution in [2.75, 3.05) is 26.7 Å². The standard InChI is InChI=1S/C22H31N5O/c1-4-19-15-23-20(26(3)25-19)24-21(28)27-10-8-22(9-11-27)13-18(14-22)17-7-5-6-16(2)12-17/h5-7,12,18H,4,8-11,13-15H2,1-3H3,(H,23,24,28). The molecule has 150 valence electrons. The summed E-state index contributed by atoms with van der Waals surface area (Å²) in [6.45, 7) is 6.45. The van der Waals surface area contributed by atoms with Crippen LogP contribution >= 0.6 is 0 Å². The van der Waals surface area contributed by atoms with E-state index >= 15 is 0 Å². The molecule has 1 aromatic carbocycles. The highest BCUT2D eigenvalue weighted by atomic mass is 16.2. The number of hydrogen-bond donors (Lipinski definition) is 1. The number of aliphatic imine (C=N–C) groups is 1. The predicted molar refractivity (Wildman–Crippen MR) is 113 cm³/mol. The molecule has 1 saturated heterocycles. The molecular formula is C22H31N5O. The number of hydrazone groups is 1. The highest BCUT2D eigenvalue weighted by molar-refractivity contribution is 6.00. The molecule has 0 atom stereocenters. The van der Waals surface area contributed by atoms with Crippen molar-refractivity contribution >= 4 is 17.7 Å². The van der Waals surface area contributed by atoms with E-state index < -0.39 is 0 Å². The molecule has 0 radical (unpaired) electrons. The van der Waals surface area contributed by atoms with Gasteiger partial charge >= 0.3 is 6.03 Å². The Labute approximate surface area is 167 Å². The molecule has 1 spiro atoms. The van der Waals surface area contributed by atoms with Crippen LogP contribution in [0, 0.1) is 12.3 Å². The maximum absolute atomic E-state index is 12.7. The number of piperidine rings is 1. The minimum atomic E-state index is -0.0508. The van der Waals surface area contributed by atoms with E-state index in [1.165, 1.54) is 24.0 Å². The van der Waals surface area contributed by atoms with Crippen LogP contribution in [0.5, 0.6) is 0 Å². The Balaban J connectivity index is 1.27. The number of guanidine groups is 1. The van der Waals surface area contributed by atoms with Crippen molar-refractivity contribution in [1.29, 1.82) is 0 Å². The Kier molecular flexibility index (Phi) is 5.13. The predicted octanol–water partition coefficient (Wildman–Crippen LogP) is 3.73. The van der Waals surface area contributed by atoms with Gasteiger partial charge in [-0.2, -0.15) is 5.10 Å². The number of nitrogens with one attached hydrogen (secondary N) is 1. The van der Waals surface area contributed by atoms with Crippen LogP contribution in [0.2, 0.25) is 0 Å². The van der Waals surface area contributed by atoms with Gasteiger partial charge in [0.15, 0.2) is 0 Å². The van der Waals surface area contributed by atoms with Crippen molar-refractivity contribution in [3.05, 3.63) is 35.4 Å². The molecule has 2 fully saturated rings. The van der Waals surface area contributed by atoms with E-state index in [2.05, 4.69) is 53.5 Å². The summed E-state index contributed by atoms with van der Waals surface area (Å²) in [4.78, 5) is 19.1. The van der Waals surface area contributed by atoms with Crippen molar-refractivity contribution in [2.24, 2.45) is 15.5 Å². The number of amides is 2. The van der Waals surface area contributed by atoms with Gasteiger partial charge in [0.2, 0.25) is 5.96 Å². The van der Waals surface area contributed by atoms with E-state index in [1.54, 1.807) is 5.01 Å². The van der Waals surface area contributed by atoms with E-state index in [4.69, 9.17) is 0 Å². The van der Waals surface area contributed by atoms with E-state index in [1.807, 2.05) is 11.9 Å². The third-order valence-corrected chi connectivity index (χ3v) is 6.62. The van der Waals surface area contributed by atoms with Crippen molar-refractivity contribution < 1.29 is 4.79 Å². The molecule has 2 aliphatic heterocycles. The molecule has 1 aromatic rings. The monoisotopic (exact) mass is 381 g/mol. The van der Waals surface area contributed by atoms with Crippen LogP contribution in [0.15, 0.2) is 34.4 Å². The zero-order valence-corrected chi connectivity index (χ0v) is 17.2. The fraction of sp³-hybridized carbons (Fsp3) is 0.591. The SMILES string of the molecule is CCC1=NN(C)C(NC(=O)N2CCC3(CC2)CC(c2cccc(C)c2)C3)=NC1. The molecule has 0 unspecified atom stereocenters. The van der Waals surface area contributed by atoms with Crippen molar-refractivity contribution in [1.82, 2.24) is 15.2 Å². The quantitative estimate of drug-likeness (QED) is 0.848. The lowest BCUT2D eigenvalue weighted by molar-refractivity contribution is 0.0277. The number of likely N-dealkylation sites (tertiary alicyclic amines) is 1. The maximum Gasteiger partial charge on any atom is 0.324 e. The smallest absolute Gasteiger partial charge is 0.324 e. The molecule has 3 aliphatic rings. The molecule has 0 aromatic heterocycles. The van der Waals surface area contributed by atoms with Crippen LogP contribution in [-0.4, -0.2) is 54.3 Å². The normalized spacial score (nSPS) is 21.8. The molecule has 0 bridgehead atoms. The maximum atomic E-state index is 12.7. The van der Waals surface area contributed by atoms with Gasteiger partial charge in [0, 0.05) is 20.1 Å². The molecule has 6 heteroatoms. The van der Waals surface area contributed by atoms with Gasteiger partial charge in [-0.3, -0.25) is 5.32 Å². The zero-order chi connectivity index (χ0) is 19.7. The fourth-order valence-electron chi connectivity index (χ4n) is 4.77. The van der Waals surface area contributed by atoms with Gasteiger partial charge < -0.3 is 4.90 Å². The second kappa shape index (κ2) is 7.57. The van der Waals surface area contributed by atoms with E-state index in [0.717, 1.165) is 38.1 Å². The number of carbonyl (C=O) groups is 1.